The number of hydrogen-bond donors (Lipinski definition) is 0. The fourth-order valence-corrected chi connectivity index (χ4v) is 3.17. The van der Waals surface area contributed by atoms with E-state index < -0.39 is 9.84 Å². The molecule has 96 valence electrons. The monoisotopic (exact) mass is 266 g/mol. The van der Waals surface area contributed by atoms with Crippen molar-refractivity contribution < 1.29 is 13.2 Å². The smallest absolute Gasteiger partial charge is 0.240 e. The van der Waals surface area contributed by atoms with Crippen molar-refractivity contribution in [2.24, 2.45) is 4.99 Å². The van der Waals surface area contributed by atoms with Gasteiger partial charge in [-0.2, -0.15) is 4.99 Å². The molecule has 5 nitrogen and oxygen atoms in total. The molecule has 0 atom stereocenters. The first kappa shape index (κ1) is 13.0. The summed E-state index contributed by atoms with van der Waals surface area (Å²) in [5, 5.41) is 0. The summed E-state index contributed by atoms with van der Waals surface area (Å²) in [5.41, 5.74) is 1.66. The fraction of sp³-hybridized carbons (Fsp3) is 0.417. The van der Waals surface area contributed by atoms with Crippen LogP contribution in [0.1, 0.15) is 5.56 Å². The topological polar surface area (TPSA) is 66.8 Å². The van der Waals surface area contributed by atoms with Gasteiger partial charge in [0.2, 0.25) is 6.08 Å². The summed E-state index contributed by atoms with van der Waals surface area (Å²) in [5.74, 6) is 0.473. The Morgan fingerprint density at radius 2 is 1.78 bits per heavy atom. The molecule has 1 aliphatic rings. The third kappa shape index (κ3) is 3.50. The van der Waals surface area contributed by atoms with E-state index >= 15 is 0 Å². The lowest BCUT2D eigenvalue weighted by molar-refractivity contribution is 0.287. The molecule has 0 amide bonds. The molecule has 0 aliphatic carbocycles. The molecule has 0 spiro atoms. The normalized spacial score (nSPS) is 19.1. The zero-order valence-electron chi connectivity index (χ0n) is 9.87. The molecule has 0 aromatic heterocycles. The van der Waals surface area contributed by atoms with Crippen molar-refractivity contribution in [3.05, 3.63) is 29.8 Å². The molecule has 6 heteroatoms. The molecular weight excluding hydrogens is 252 g/mol. The second-order valence-electron chi connectivity index (χ2n) is 4.30. The minimum Gasteiger partial charge on any atom is -0.297 e. The van der Waals surface area contributed by atoms with Gasteiger partial charge in [0.15, 0.2) is 9.84 Å². The molecule has 1 aromatic carbocycles. The quantitative estimate of drug-likeness (QED) is 0.602. The van der Waals surface area contributed by atoms with Crippen LogP contribution >= 0.6 is 0 Å². The predicted molar refractivity (Wildman–Crippen MR) is 68.2 cm³/mol. The maximum Gasteiger partial charge on any atom is 0.240 e. The number of hydrogen-bond acceptors (Lipinski definition) is 5. The molecule has 1 aliphatic heterocycles. The van der Waals surface area contributed by atoms with Gasteiger partial charge in [0.25, 0.3) is 0 Å². The highest BCUT2D eigenvalue weighted by Crippen LogP contribution is 2.14. The maximum atomic E-state index is 11.3. The van der Waals surface area contributed by atoms with Crippen LogP contribution in [0.15, 0.2) is 29.3 Å². The van der Waals surface area contributed by atoms with Crippen LogP contribution in [0.2, 0.25) is 0 Å². The van der Waals surface area contributed by atoms with Gasteiger partial charge < -0.3 is 0 Å². The Kier molecular flexibility index (Phi) is 3.91. The predicted octanol–water partition coefficient (Wildman–Crippen LogP) is 0.884. The Labute approximate surface area is 106 Å². The van der Waals surface area contributed by atoms with E-state index in [1.54, 1.807) is 12.1 Å². The van der Waals surface area contributed by atoms with Crippen LogP contribution in [-0.2, 0) is 21.2 Å². The molecule has 0 radical (unpaired) electrons. The summed E-state index contributed by atoms with van der Waals surface area (Å²) in [6, 6.07) is 7.28. The molecule has 1 fully saturated rings. The highest BCUT2D eigenvalue weighted by Gasteiger charge is 2.21. The Morgan fingerprint density at radius 3 is 2.33 bits per heavy atom. The van der Waals surface area contributed by atoms with Crippen molar-refractivity contribution in [2.75, 3.05) is 24.6 Å². The van der Waals surface area contributed by atoms with E-state index in [2.05, 4.69) is 9.89 Å². The van der Waals surface area contributed by atoms with Crippen molar-refractivity contribution in [1.82, 2.24) is 4.90 Å². The number of isocyanates is 1. The second kappa shape index (κ2) is 5.44. The molecule has 1 saturated heterocycles. The number of aliphatic imine (C=N–C) groups is 1. The molecule has 0 unspecified atom stereocenters. The van der Waals surface area contributed by atoms with Gasteiger partial charge in [-0.1, -0.05) is 12.1 Å². The van der Waals surface area contributed by atoms with Crippen molar-refractivity contribution >= 4 is 21.6 Å². The molecule has 1 aromatic rings. The van der Waals surface area contributed by atoms with Gasteiger partial charge in [-0.15, -0.1) is 0 Å². The third-order valence-corrected chi connectivity index (χ3v) is 4.56. The summed E-state index contributed by atoms with van der Waals surface area (Å²) in [7, 11) is -2.82. The van der Waals surface area contributed by atoms with E-state index in [4.69, 9.17) is 0 Å². The van der Waals surface area contributed by atoms with Crippen LogP contribution in [-0.4, -0.2) is 44.0 Å². The first-order valence-corrected chi connectivity index (χ1v) is 7.51. The van der Waals surface area contributed by atoms with E-state index in [0.717, 1.165) is 12.1 Å². The van der Waals surface area contributed by atoms with Crippen molar-refractivity contribution in [3.8, 4) is 0 Å². The Balaban J connectivity index is 1.96. The Hall–Kier alpha value is -1.49. The summed E-state index contributed by atoms with van der Waals surface area (Å²) >= 11 is 0. The molecule has 0 saturated carbocycles. The lowest BCUT2D eigenvalue weighted by Crippen LogP contribution is -2.39. The lowest BCUT2D eigenvalue weighted by Gasteiger charge is -2.26. The fourth-order valence-electron chi connectivity index (χ4n) is 1.90. The number of benzene rings is 1. The van der Waals surface area contributed by atoms with E-state index in [1.165, 1.54) is 6.08 Å². The molecule has 18 heavy (non-hydrogen) atoms. The minimum absolute atomic E-state index is 0.237. The Morgan fingerprint density at radius 1 is 1.17 bits per heavy atom. The van der Waals surface area contributed by atoms with E-state index in [9.17, 15) is 13.2 Å². The van der Waals surface area contributed by atoms with Crippen LogP contribution in [0.4, 0.5) is 5.69 Å². The summed E-state index contributed by atoms with van der Waals surface area (Å²) in [4.78, 5) is 15.7. The van der Waals surface area contributed by atoms with Gasteiger partial charge >= 0.3 is 0 Å². The summed E-state index contributed by atoms with van der Waals surface area (Å²) in [6.45, 7) is 1.88. The highest BCUT2D eigenvalue weighted by atomic mass is 32.2. The van der Waals surface area contributed by atoms with Gasteiger partial charge in [-0.05, 0) is 17.7 Å². The van der Waals surface area contributed by atoms with Crippen LogP contribution in [0, 0.1) is 0 Å². The zero-order valence-corrected chi connectivity index (χ0v) is 10.7. The average molecular weight is 266 g/mol. The standard InChI is InChI=1S/C12H14N2O3S/c15-10-13-12-3-1-11(2-4-12)9-14-5-7-18(16,17)8-6-14/h1-4H,5-9H2. The van der Waals surface area contributed by atoms with Crippen molar-refractivity contribution in [1.29, 1.82) is 0 Å². The van der Waals surface area contributed by atoms with Gasteiger partial charge in [-0.25, -0.2) is 13.2 Å². The third-order valence-electron chi connectivity index (χ3n) is 2.95. The van der Waals surface area contributed by atoms with Crippen LogP contribution in [0.5, 0.6) is 0 Å². The summed E-state index contributed by atoms with van der Waals surface area (Å²) in [6.07, 6.45) is 1.49. The van der Waals surface area contributed by atoms with Crippen LogP contribution < -0.4 is 0 Å². The zero-order chi connectivity index (χ0) is 13.0. The second-order valence-corrected chi connectivity index (χ2v) is 6.60. The van der Waals surface area contributed by atoms with Gasteiger partial charge in [0.05, 0.1) is 17.2 Å². The van der Waals surface area contributed by atoms with Gasteiger partial charge in [0.1, 0.15) is 0 Å². The number of rotatable bonds is 3. The highest BCUT2D eigenvalue weighted by molar-refractivity contribution is 7.91. The summed E-state index contributed by atoms with van der Waals surface area (Å²) < 4.78 is 22.6. The molecule has 2 rings (SSSR count). The lowest BCUT2D eigenvalue weighted by atomic mass is 10.2. The molecule has 0 bridgehead atoms. The van der Waals surface area contributed by atoms with E-state index in [-0.39, 0.29) is 11.5 Å². The molecule has 1 heterocycles. The SMILES string of the molecule is O=C=Nc1ccc(CN2CCS(=O)(=O)CC2)cc1. The molecule has 0 N–H and O–H groups in total. The van der Waals surface area contributed by atoms with Crippen molar-refractivity contribution in [3.63, 3.8) is 0 Å². The first-order chi connectivity index (χ1) is 8.59. The molecular formula is C12H14N2O3S. The minimum atomic E-state index is -2.82. The van der Waals surface area contributed by atoms with Crippen LogP contribution in [0.3, 0.4) is 0 Å². The average Bonchev–Trinajstić information content (AvgIpc) is 2.35. The number of sulfone groups is 1. The van der Waals surface area contributed by atoms with E-state index in [1.807, 2.05) is 12.1 Å². The maximum absolute atomic E-state index is 11.3. The largest absolute Gasteiger partial charge is 0.297 e. The van der Waals surface area contributed by atoms with Gasteiger partial charge in [0, 0.05) is 19.6 Å². The van der Waals surface area contributed by atoms with E-state index in [0.29, 0.717) is 18.8 Å². The Bertz CT molecular complexity index is 545. The number of nitrogens with zero attached hydrogens (tertiary/aromatic N) is 2. The first-order valence-electron chi connectivity index (χ1n) is 5.69. The van der Waals surface area contributed by atoms with Gasteiger partial charge in [-0.3, -0.25) is 4.90 Å². The van der Waals surface area contributed by atoms with Crippen molar-refractivity contribution in [2.45, 2.75) is 6.54 Å². The van der Waals surface area contributed by atoms with Crippen LogP contribution in [0.25, 0.3) is 0 Å². The number of carbonyl (C=O) groups excluding carboxylic acids is 1.